The average molecular weight is 522 g/mol. The molecule has 5 heterocycles. The quantitative estimate of drug-likeness (QED) is 0.277. The van der Waals surface area contributed by atoms with Crippen LogP contribution in [-0.4, -0.2) is 40.9 Å². The minimum Gasteiger partial charge on any atom is -0.473 e. The third kappa shape index (κ3) is 6.32. The number of phosphoric ester groups is 1. The molecule has 0 unspecified atom stereocenters. The predicted molar refractivity (Wildman–Crippen MR) is 132 cm³/mol. The van der Waals surface area contributed by atoms with Crippen molar-refractivity contribution in [3.63, 3.8) is 0 Å². The third-order valence-electron chi connectivity index (χ3n) is 5.39. The summed E-state index contributed by atoms with van der Waals surface area (Å²) in [5.74, 6) is 0.960. The summed E-state index contributed by atoms with van der Waals surface area (Å²) < 4.78 is 28.7. The van der Waals surface area contributed by atoms with E-state index in [0.29, 0.717) is 41.6 Å². The lowest BCUT2D eigenvalue weighted by Crippen LogP contribution is -2.15. The number of aromatic nitrogens is 4. The number of nitrogens with zero attached hydrogens (tertiary/aromatic N) is 5. The molecule has 5 rings (SSSR count). The van der Waals surface area contributed by atoms with E-state index in [0.717, 1.165) is 16.8 Å². The van der Waals surface area contributed by atoms with Crippen LogP contribution < -0.4 is 10.5 Å². The first-order valence-electron chi connectivity index (χ1n) is 11.1. The minimum absolute atomic E-state index is 0.317. The van der Waals surface area contributed by atoms with E-state index < -0.39 is 7.82 Å². The fourth-order valence-corrected chi connectivity index (χ4v) is 3.90. The highest BCUT2D eigenvalue weighted by Gasteiger charge is 2.18. The second kappa shape index (κ2) is 10.4. The van der Waals surface area contributed by atoms with Gasteiger partial charge in [-0.05, 0) is 35.4 Å². The zero-order chi connectivity index (χ0) is 25.8. The van der Waals surface area contributed by atoms with Gasteiger partial charge < -0.3 is 34.1 Å². The molecule has 0 aliphatic carbocycles. The highest BCUT2D eigenvalue weighted by atomic mass is 31.2. The van der Waals surface area contributed by atoms with E-state index in [2.05, 4.69) is 19.6 Å². The van der Waals surface area contributed by atoms with Gasteiger partial charge in [-0.15, -0.1) is 0 Å². The van der Waals surface area contributed by atoms with Crippen molar-refractivity contribution in [2.45, 2.75) is 13.0 Å². The van der Waals surface area contributed by atoms with E-state index in [-0.39, 0.29) is 6.73 Å². The van der Waals surface area contributed by atoms with Crippen LogP contribution in [-0.2, 0) is 22.1 Å². The van der Waals surface area contributed by atoms with Gasteiger partial charge in [-0.1, -0.05) is 11.2 Å². The van der Waals surface area contributed by atoms with Crippen LogP contribution in [0.5, 0.6) is 5.88 Å². The summed E-state index contributed by atoms with van der Waals surface area (Å²) in [5, 5.41) is 4.13. The largest absolute Gasteiger partial charge is 0.473 e. The molecule has 4 aromatic rings. The summed E-state index contributed by atoms with van der Waals surface area (Å²) in [6, 6.07) is 9.43. The fraction of sp³-hybridized carbons (Fsp3) is 0.125. The first kappa shape index (κ1) is 24.5. The van der Waals surface area contributed by atoms with Crippen LogP contribution >= 0.6 is 7.82 Å². The van der Waals surface area contributed by atoms with Gasteiger partial charge in [-0.3, -0.25) is 4.52 Å². The van der Waals surface area contributed by atoms with Crippen molar-refractivity contribution in [1.29, 1.82) is 0 Å². The number of pyridine rings is 2. The Morgan fingerprint density at radius 1 is 1.11 bits per heavy atom. The molecule has 0 amide bonds. The Bertz CT molecular complexity index is 1530. The van der Waals surface area contributed by atoms with E-state index in [1.165, 1.54) is 11.1 Å². The lowest BCUT2D eigenvalue weighted by atomic mass is 10.1. The average Bonchev–Trinajstić information content (AvgIpc) is 3.49. The maximum atomic E-state index is 10.9. The molecule has 0 saturated carbocycles. The van der Waals surface area contributed by atoms with Crippen LogP contribution in [0.15, 0.2) is 89.9 Å². The number of ether oxygens (including phenoxy) is 1. The van der Waals surface area contributed by atoms with Gasteiger partial charge in [0, 0.05) is 61.3 Å². The molecular formula is C24H23N6O6P. The van der Waals surface area contributed by atoms with Crippen LogP contribution in [0.25, 0.3) is 11.2 Å². The molecule has 12 nitrogen and oxygen atoms in total. The number of nitrogens with two attached hydrogens (primary N) is 1. The topological polar surface area (TPSA) is 161 Å². The Labute approximate surface area is 211 Å². The summed E-state index contributed by atoms with van der Waals surface area (Å²) in [4.78, 5) is 27.8. The van der Waals surface area contributed by atoms with Crippen LogP contribution in [0.2, 0.25) is 0 Å². The van der Waals surface area contributed by atoms with Crippen LogP contribution in [0.3, 0.4) is 0 Å². The molecule has 0 radical (unpaired) electrons. The second-order valence-corrected chi connectivity index (χ2v) is 9.39. The van der Waals surface area contributed by atoms with E-state index in [9.17, 15) is 4.57 Å². The second-order valence-electron chi connectivity index (χ2n) is 8.15. The van der Waals surface area contributed by atoms with Crippen molar-refractivity contribution in [2.75, 3.05) is 6.73 Å². The first-order chi connectivity index (χ1) is 17.8. The van der Waals surface area contributed by atoms with Crippen molar-refractivity contribution in [3.05, 3.63) is 108 Å². The monoisotopic (exact) mass is 522 g/mol. The van der Waals surface area contributed by atoms with Gasteiger partial charge in [-0.25, -0.2) is 14.5 Å². The zero-order valence-corrected chi connectivity index (χ0v) is 20.3. The van der Waals surface area contributed by atoms with Crippen molar-refractivity contribution < 1.29 is 28.1 Å². The highest BCUT2D eigenvalue weighted by molar-refractivity contribution is 7.46. The number of hydrogen-bond acceptors (Lipinski definition) is 9. The van der Waals surface area contributed by atoms with Gasteiger partial charge in [-0.2, -0.15) is 0 Å². The number of imidazole rings is 1. The van der Waals surface area contributed by atoms with E-state index in [1.54, 1.807) is 42.9 Å². The van der Waals surface area contributed by atoms with Gasteiger partial charge in [0.05, 0.1) is 11.4 Å². The summed E-state index contributed by atoms with van der Waals surface area (Å²) in [5.41, 5.74) is 10.5. The van der Waals surface area contributed by atoms with Gasteiger partial charge >= 0.3 is 7.82 Å². The Hall–Kier alpha value is -4.22. The minimum atomic E-state index is -4.60. The normalized spacial score (nSPS) is 13.9. The van der Waals surface area contributed by atoms with Gasteiger partial charge in [0.2, 0.25) is 5.88 Å². The molecule has 0 spiro atoms. The SMILES string of the molecule is NC1=CN(COP(=O)(O)O)C=CC=C1c1cc(Cc2ccc(OCc3ccn4ccnc4c3)nc2)no1. The number of hydrogen-bond donors (Lipinski definition) is 3. The number of rotatable bonds is 9. The molecule has 4 aromatic heterocycles. The lowest BCUT2D eigenvalue weighted by molar-refractivity contribution is 0.146. The Kier molecular flexibility index (Phi) is 6.89. The molecule has 1 aliphatic heterocycles. The molecule has 0 atom stereocenters. The van der Waals surface area contributed by atoms with E-state index in [1.807, 2.05) is 35.0 Å². The van der Waals surface area contributed by atoms with Crippen molar-refractivity contribution in [3.8, 4) is 5.88 Å². The molecule has 37 heavy (non-hydrogen) atoms. The van der Waals surface area contributed by atoms with Crippen molar-refractivity contribution in [2.24, 2.45) is 5.73 Å². The standard InChI is InChI=1S/C24H23N6O6P/c25-21-14-29(16-35-37(31,32)33)7-1-2-20(21)22-12-19(28-36-22)10-17-3-4-24(27-13-17)34-15-18-5-8-30-9-6-26-23(30)11-18/h1-9,11-14H,10,15-16,25H2,(H2,31,32,33). The molecule has 4 N–H and O–H groups in total. The number of fused-ring (bicyclic) bond motifs is 1. The molecule has 0 fully saturated rings. The van der Waals surface area contributed by atoms with Crippen molar-refractivity contribution in [1.82, 2.24) is 24.4 Å². The summed E-state index contributed by atoms with van der Waals surface area (Å²) >= 11 is 0. The smallest absolute Gasteiger partial charge is 0.471 e. The predicted octanol–water partition coefficient (Wildman–Crippen LogP) is 2.97. The number of allylic oxidation sites excluding steroid dienone is 3. The van der Waals surface area contributed by atoms with Gasteiger partial charge in [0.15, 0.2) is 5.76 Å². The van der Waals surface area contributed by atoms with Crippen LogP contribution in [0.4, 0.5) is 0 Å². The molecule has 0 bridgehead atoms. The number of phosphoric acid groups is 1. The lowest BCUT2D eigenvalue weighted by Gasteiger charge is -2.16. The van der Waals surface area contributed by atoms with E-state index >= 15 is 0 Å². The molecule has 0 saturated heterocycles. The Morgan fingerprint density at radius 3 is 2.81 bits per heavy atom. The Morgan fingerprint density at radius 2 is 2.00 bits per heavy atom. The zero-order valence-electron chi connectivity index (χ0n) is 19.4. The molecule has 0 aromatic carbocycles. The van der Waals surface area contributed by atoms with E-state index in [4.69, 9.17) is 24.8 Å². The maximum absolute atomic E-state index is 10.9. The molecular weight excluding hydrogens is 499 g/mol. The van der Waals surface area contributed by atoms with Crippen LogP contribution in [0, 0.1) is 0 Å². The fourth-order valence-electron chi connectivity index (χ4n) is 3.62. The van der Waals surface area contributed by atoms with Gasteiger partial charge in [0.25, 0.3) is 0 Å². The van der Waals surface area contributed by atoms with Crippen LogP contribution in [0.1, 0.15) is 22.6 Å². The highest BCUT2D eigenvalue weighted by Crippen LogP contribution is 2.36. The molecule has 190 valence electrons. The summed E-state index contributed by atoms with van der Waals surface area (Å²) in [6.45, 7) is 0.0142. The van der Waals surface area contributed by atoms with Gasteiger partial charge in [0.1, 0.15) is 19.0 Å². The Balaban J connectivity index is 1.18. The molecule has 13 heteroatoms. The first-order valence-corrected chi connectivity index (χ1v) is 12.6. The molecule has 1 aliphatic rings. The third-order valence-corrected chi connectivity index (χ3v) is 5.84. The maximum Gasteiger partial charge on any atom is 0.471 e. The van der Waals surface area contributed by atoms with Crippen molar-refractivity contribution >= 4 is 19.0 Å². The summed E-state index contributed by atoms with van der Waals surface area (Å²) in [6.07, 6.45) is 14.2. The summed E-state index contributed by atoms with van der Waals surface area (Å²) in [7, 11) is -4.60.